The summed E-state index contributed by atoms with van der Waals surface area (Å²) in [5, 5.41) is 3.67. The summed E-state index contributed by atoms with van der Waals surface area (Å²) in [7, 11) is -0.534. The first-order valence-electron chi connectivity index (χ1n) is 7.90. The van der Waals surface area contributed by atoms with E-state index in [1.54, 1.807) is 31.1 Å². The minimum atomic E-state index is -3.94. The Morgan fingerprint density at radius 2 is 2.07 bits per heavy atom. The third kappa shape index (κ3) is 4.55. The van der Waals surface area contributed by atoms with Gasteiger partial charge in [0.2, 0.25) is 10.0 Å². The summed E-state index contributed by atoms with van der Waals surface area (Å²) >= 11 is 5.88. The van der Waals surface area contributed by atoms with E-state index in [-0.39, 0.29) is 10.7 Å². The average Bonchev–Trinajstić information content (AvgIpc) is 3.23. The van der Waals surface area contributed by atoms with Crippen molar-refractivity contribution in [1.82, 2.24) is 29.6 Å². The first-order valence-corrected chi connectivity index (χ1v) is 9.93. The Bertz CT molecular complexity index is 1140. The average molecular weight is 427 g/mol. The quantitative estimate of drug-likeness (QED) is 0.578. The van der Waals surface area contributed by atoms with Gasteiger partial charge in [-0.3, -0.25) is 14.9 Å². The fourth-order valence-electron chi connectivity index (χ4n) is 2.43. The first-order chi connectivity index (χ1) is 13.1. The molecule has 0 fully saturated rings. The van der Waals surface area contributed by atoms with Gasteiger partial charge < -0.3 is 4.57 Å². The lowest BCUT2D eigenvalue weighted by Crippen LogP contribution is -2.42. The molecule has 0 radical (unpaired) electrons. The van der Waals surface area contributed by atoms with E-state index >= 15 is 0 Å². The molecule has 2 aromatic heterocycles. The Morgan fingerprint density at radius 1 is 1.32 bits per heavy atom. The van der Waals surface area contributed by atoms with E-state index in [4.69, 9.17) is 11.6 Å². The molecule has 9 nitrogen and oxygen atoms in total. The Hall–Kier alpha value is -2.76. The fourth-order valence-corrected chi connectivity index (χ4v) is 3.51. The lowest BCUT2D eigenvalue weighted by molar-refractivity contribution is 0.0941. The fraction of sp³-hybridized carbons (Fsp3) is 0.188. The summed E-state index contributed by atoms with van der Waals surface area (Å²) in [6.07, 6.45) is 4.79. The number of rotatable bonds is 6. The number of carbonyl (C=O) groups excluding carboxylic acids is 1. The minimum absolute atomic E-state index is 0.287. The topological polar surface area (TPSA) is 111 Å². The summed E-state index contributed by atoms with van der Waals surface area (Å²) in [5.74, 6) is -2.42. The maximum atomic E-state index is 14.3. The summed E-state index contributed by atoms with van der Waals surface area (Å²) in [6, 6.07) is 4.10. The molecule has 28 heavy (non-hydrogen) atoms. The Morgan fingerprint density at radius 3 is 2.68 bits per heavy atom. The molecule has 12 heteroatoms. The zero-order valence-corrected chi connectivity index (χ0v) is 16.4. The Kier molecular flexibility index (Phi) is 5.49. The lowest BCUT2D eigenvalue weighted by Gasteiger charge is -2.10. The van der Waals surface area contributed by atoms with Crippen molar-refractivity contribution >= 4 is 27.5 Å². The van der Waals surface area contributed by atoms with E-state index < -0.39 is 33.1 Å². The number of amides is 1. The van der Waals surface area contributed by atoms with Gasteiger partial charge in [0, 0.05) is 32.1 Å². The summed E-state index contributed by atoms with van der Waals surface area (Å²) in [5.41, 5.74) is 2.74. The molecule has 1 amide bonds. The van der Waals surface area contributed by atoms with Crippen molar-refractivity contribution in [1.29, 1.82) is 0 Å². The summed E-state index contributed by atoms with van der Waals surface area (Å²) < 4.78 is 41.6. The van der Waals surface area contributed by atoms with Crippen LogP contribution in [0, 0.1) is 5.82 Å². The van der Waals surface area contributed by atoms with Gasteiger partial charge in [0.15, 0.2) is 5.82 Å². The molecule has 0 aliphatic carbocycles. The monoisotopic (exact) mass is 426 g/mol. The molecule has 2 N–H and O–H groups in total. The van der Waals surface area contributed by atoms with E-state index in [9.17, 15) is 17.6 Å². The van der Waals surface area contributed by atoms with Crippen LogP contribution in [0.3, 0.4) is 0 Å². The number of hydrogen-bond acceptors (Lipinski definition) is 5. The van der Waals surface area contributed by atoms with Crippen LogP contribution < -0.4 is 10.3 Å². The van der Waals surface area contributed by atoms with E-state index in [1.165, 1.54) is 29.2 Å². The van der Waals surface area contributed by atoms with E-state index in [0.29, 0.717) is 11.3 Å². The molecule has 0 atom stereocenters. The van der Waals surface area contributed by atoms with Crippen LogP contribution in [0.25, 0.3) is 11.3 Å². The predicted molar refractivity (Wildman–Crippen MR) is 100 cm³/mol. The van der Waals surface area contributed by atoms with Crippen LogP contribution in [0.4, 0.5) is 4.39 Å². The molecule has 0 aliphatic rings. The molecule has 2 heterocycles. The van der Waals surface area contributed by atoms with Crippen molar-refractivity contribution in [3.05, 3.63) is 59.0 Å². The van der Waals surface area contributed by atoms with Crippen LogP contribution in [0.1, 0.15) is 16.1 Å². The molecule has 0 bridgehead atoms. The number of sulfonamides is 1. The van der Waals surface area contributed by atoms with Crippen molar-refractivity contribution in [2.75, 3.05) is 0 Å². The number of nitrogens with zero attached hydrogens (tertiary/aromatic N) is 4. The zero-order chi connectivity index (χ0) is 20.5. The first kappa shape index (κ1) is 20.0. The predicted octanol–water partition coefficient (Wildman–Crippen LogP) is 1.38. The molecule has 1 aromatic carbocycles. The molecular weight excluding hydrogens is 411 g/mol. The van der Waals surface area contributed by atoms with Gasteiger partial charge in [-0.1, -0.05) is 11.6 Å². The van der Waals surface area contributed by atoms with Crippen molar-refractivity contribution in [2.24, 2.45) is 14.1 Å². The van der Waals surface area contributed by atoms with Gasteiger partial charge in [-0.15, -0.1) is 4.83 Å². The maximum Gasteiger partial charge on any atom is 0.269 e. The van der Waals surface area contributed by atoms with Gasteiger partial charge in [-0.25, -0.2) is 17.8 Å². The number of imidazole rings is 1. The van der Waals surface area contributed by atoms with Crippen molar-refractivity contribution < 1.29 is 17.6 Å². The molecule has 0 saturated heterocycles. The lowest BCUT2D eigenvalue weighted by atomic mass is 10.1. The van der Waals surface area contributed by atoms with Gasteiger partial charge in [-0.05, 0) is 18.2 Å². The minimum Gasteiger partial charge on any atom is -0.340 e. The maximum absolute atomic E-state index is 14.3. The van der Waals surface area contributed by atoms with Crippen molar-refractivity contribution in [3.63, 3.8) is 0 Å². The number of benzene rings is 1. The standard InChI is InChI=1S/C16H16ClFN6O3S/c1-23-7-14(19-9-23)10-5-12(15(18)13(17)6-10)16(25)20-22-28(26,27)8-11-3-4-24(2)21-11/h3-7,9,22H,8H2,1-2H3,(H,20,25). The van der Waals surface area contributed by atoms with E-state index in [2.05, 4.69) is 10.1 Å². The van der Waals surface area contributed by atoms with Gasteiger partial charge in [-0.2, -0.15) is 5.10 Å². The van der Waals surface area contributed by atoms with Crippen LogP contribution in [0.2, 0.25) is 5.02 Å². The zero-order valence-electron chi connectivity index (χ0n) is 14.8. The van der Waals surface area contributed by atoms with Gasteiger partial charge in [0.25, 0.3) is 5.91 Å². The summed E-state index contributed by atoms with van der Waals surface area (Å²) in [6.45, 7) is 0. The number of halogens is 2. The van der Waals surface area contributed by atoms with Crippen molar-refractivity contribution in [3.8, 4) is 11.3 Å². The van der Waals surface area contributed by atoms with E-state index in [0.717, 1.165) is 0 Å². The van der Waals surface area contributed by atoms with Crippen LogP contribution >= 0.6 is 11.6 Å². The number of aromatic nitrogens is 4. The number of nitrogens with one attached hydrogen (secondary N) is 2. The SMILES string of the molecule is Cn1cnc(-c2cc(Cl)c(F)c(C(=O)NNS(=O)(=O)Cc3ccn(C)n3)c2)c1. The largest absolute Gasteiger partial charge is 0.340 e. The highest BCUT2D eigenvalue weighted by Crippen LogP contribution is 2.27. The highest BCUT2D eigenvalue weighted by atomic mass is 35.5. The third-order valence-corrected chi connectivity index (χ3v) is 5.06. The summed E-state index contributed by atoms with van der Waals surface area (Å²) in [4.78, 5) is 18.4. The second kappa shape index (κ2) is 7.70. The Balaban J connectivity index is 1.77. The normalized spacial score (nSPS) is 11.6. The molecular formula is C16H16ClFN6O3S. The van der Waals surface area contributed by atoms with Gasteiger partial charge in [0.05, 0.1) is 28.3 Å². The molecule has 3 rings (SSSR count). The third-order valence-electron chi connectivity index (χ3n) is 3.70. The molecule has 3 aromatic rings. The highest BCUT2D eigenvalue weighted by molar-refractivity contribution is 7.88. The van der Waals surface area contributed by atoms with Crippen LogP contribution in [0.5, 0.6) is 0 Å². The molecule has 0 unspecified atom stereocenters. The van der Waals surface area contributed by atoms with Crippen LogP contribution in [-0.4, -0.2) is 33.7 Å². The molecule has 0 saturated carbocycles. The number of hydrazine groups is 1. The van der Waals surface area contributed by atoms with Gasteiger partial charge in [0.1, 0.15) is 5.75 Å². The van der Waals surface area contributed by atoms with Gasteiger partial charge >= 0.3 is 0 Å². The number of aryl methyl sites for hydroxylation is 2. The molecule has 0 aliphatic heterocycles. The van der Waals surface area contributed by atoms with Crippen LogP contribution in [0.15, 0.2) is 36.9 Å². The smallest absolute Gasteiger partial charge is 0.269 e. The van der Waals surface area contributed by atoms with Crippen LogP contribution in [-0.2, 0) is 29.9 Å². The van der Waals surface area contributed by atoms with E-state index in [1.807, 2.05) is 10.3 Å². The molecule has 148 valence electrons. The second-order valence-electron chi connectivity index (χ2n) is 6.04. The highest BCUT2D eigenvalue weighted by Gasteiger charge is 2.20. The van der Waals surface area contributed by atoms with Crippen molar-refractivity contribution in [2.45, 2.75) is 5.75 Å². The Labute approximate surface area is 165 Å². The molecule has 0 spiro atoms. The second-order valence-corrected chi connectivity index (χ2v) is 8.17. The number of hydrogen-bond donors (Lipinski definition) is 2. The number of carbonyl (C=O) groups is 1.